The van der Waals surface area contributed by atoms with Crippen LogP contribution in [0.1, 0.15) is 43.0 Å². The minimum Gasteiger partial charge on any atom is -0.398 e. The van der Waals surface area contributed by atoms with Gasteiger partial charge in [-0.25, -0.2) is 0 Å². The van der Waals surface area contributed by atoms with Crippen molar-refractivity contribution in [2.45, 2.75) is 5.41 Å². The number of nitrogens with one attached hydrogen (secondary N) is 2. The lowest BCUT2D eigenvalue weighted by atomic mass is 9.67. The summed E-state index contributed by atoms with van der Waals surface area (Å²) in [5.41, 5.74) is 22.1. The minimum atomic E-state index is -0.692. The zero-order valence-electron chi connectivity index (χ0n) is 28.6. The number of amides is 2. The monoisotopic (exact) mass is 686 g/mol. The Labute approximate surface area is 306 Å². The number of carbonyl (C=O) groups excluding carboxylic acids is 2. The summed E-state index contributed by atoms with van der Waals surface area (Å²) in [6, 6.07) is 55.6. The fraction of sp³-hybridized carbons (Fsp3) is 0.0213. The Balaban J connectivity index is 1.07. The molecule has 0 aromatic heterocycles. The van der Waals surface area contributed by atoms with Crippen LogP contribution in [0.3, 0.4) is 0 Å². The van der Waals surface area contributed by atoms with Crippen molar-refractivity contribution >= 4 is 56.1 Å². The van der Waals surface area contributed by atoms with Gasteiger partial charge in [0.05, 0.1) is 5.41 Å². The molecule has 6 nitrogen and oxygen atoms in total. The van der Waals surface area contributed by atoms with Gasteiger partial charge in [-0.1, -0.05) is 109 Å². The predicted octanol–water partition coefficient (Wildman–Crippen LogP) is 10.0. The molecule has 0 radical (unpaired) electrons. The number of nitrogens with two attached hydrogens (primary N) is 2. The first-order chi connectivity index (χ1) is 25.9. The minimum absolute atomic E-state index is 0.212. The van der Waals surface area contributed by atoms with E-state index in [4.69, 9.17) is 11.5 Å². The van der Waals surface area contributed by atoms with Crippen LogP contribution in [0.2, 0.25) is 0 Å². The third-order valence-corrected chi connectivity index (χ3v) is 10.5. The maximum absolute atomic E-state index is 13.5. The molecule has 0 spiro atoms. The summed E-state index contributed by atoms with van der Waals surface area (Å²) in [5, 5.41) is 9.90. The number of carbonyl (C=O) groups is 2. The standard InChI is InChI=1S/C47H34N4O2/c48-43-13-5-7-29-19-25-35(27-39(29)43)50-45(52)31-15-21-33(22-16-31)47(41-11-3-1-9-37(41)38-10-2-4-12-42(38)47)34-23-17-32(18-24-34)46(53)51-36-26-20-30-8-6-14-44(49)40(30)28-36/h1-28H,48-49H2,(H,50,52)(H,51,53). The maximum Gasteiger partial charge on any atom is 0.255 e. The Bertz CT molecular complexity index is 2550. The van der Waals surface area contributed by atoms with Crippen molar-refractivity contribution < 1.29 is 9.59 Å². The van der Waals surface area contributed by atoms with Crippen molar-refractivity contribution in [3.05, 3.63) is 203 Å². The molecule has 53 heavy (non-hydrogen) atoms. The zero-order chi connectivity index (χ0) is 36.1. The molecule has 1 aliphatic rings. The highest BCUT2D eigenvalue weighted by atomic mass is 16.2. The Hall–Kier alpha value is -7.18. The molecular formula is C47H34N4O2. The van der Waals surface area contributed by atoms with E-state index in [-0.39, 0.29) is 11.8 Å². The second kappa shape index (κ2) is 12.5. The van der Waals surface area contributed by atoms with Crippen LogP contribution in [0.5, 0.6) is 0 Å². The molecule has 254 valence electrons. The van der Waals surface area contributed by atoms with Gasteiger partial charge in [0, 0.05) is 44.6 Å². The van der Waals surface area contributed by atoms with Crippen LogP contribution in [-0.2, 0) is 5.41 Å². The fourth-order valence-electron chi connectivity index (χ4n) is 7.92. The van der Waals surface area contributed by atoms with Gasteiger partial charge in [-0.05, 0) is 105 Å². The van der Waals surface area contributed by atoms with E-state index < -0.39 is 5.41 Å². The summed E-state index contributed by atoms with van der Waals surface area (Å²) < 4.78 is 0. The second-order valence-corrected chi connectivity index (χ2v) is 13.5. The summed E-state index contributed by atoms with van der Waals surface area (Å²) in [6.45, 7) is 0. The van der Waals surface area contributed by atoms with E-state index in [9.17, 15) is 9.59 Å². The van der Waals surface area contributed by atoms with Gasteiger partial charge in [0.1, 0.15) is 0 Å². The van der Waals surface area contributed by atoms with Crippen molar-refractivity contribution in [2.24, 2.45) is 0 Å². The SMILES string of the molecule is Nc1cccc2ccc(NC(=O)c3ccc(C4(c5ccc(C(=O)Nc6ccc7cccc(N)c7c6)cc5)c5ccccc5-c5ccccc54)cc3)cc12. The van der Waals surface area contributed by atoms with Crippen LogP contribution < -0.4 is 22.1 Å². The summed E-state index contributed by atoms with van der Waals surface area (Å²) in [6.07, 6.45) is 0. The molecule has 6 heteroatoms. The van der Waals surface area contributed by atoms with Crippen molar-refractivity contribution in [1.82, 2.24) is 0 Å². The molecule has 0 aliphatic heterocycles. The first-order valence-corrected chi connectivity index (χ1v) is 17.5. The molecular weight excluding hydrogens is 653 g/mol. The van der Waals surface area contributed by atoms with Gasteiger partial charge in [-0.15, -0.1) is 0 Å². The molecule has 0 saturated heterocycles. The maximum atomic E-state index is 13.5. The number of rotatable bonds is 6. The van der Waals surface area contributed by atoms with Crippen LogP contribution in [0.25, 0.3) is 32.7 Å². The molecule has 1 aliphatic carbocycles. The Morgan fingerprint density at radius 1 is 0.434 bits per heavy atom. The van der Waals surface area contributed by atoms with Crippen LogP contribution in [0.15, 0.2) is 170 Å². The van der Waals surface area contributed by atoms with Gasteiger partial charge < -0.3 is 22.1 Å². The fourth-order valence-corrected chi connectivity index (χ4v) is 7.92. The lowest BCUT2D eigenvalue weighted by Crippen LogP contribution is -2.29. The normalized spacial score (nSPS) is 12.6. The third-order valence-electron chi connectivity index (χ3n) is 10.5. The van der Waals surface area contributed by atoms with Gasteiger partial charge in [0.15, 0.2) is 0 Å². The highest BCUT2D eigenvalue weighted by molar-refractivity contribution is 6.07. The van der Waals surface area contributed by atoms with E-state index >= 15 is 0 Å². The van der Waals surface area contributed by atoms with Crippen LogP contribution >= 0.6 is 0 Å². The van der Waals surface area contributed by atoms with E-state index in [1.807, 2.05) is 121 Å². The van der Waals surface area contributed by atoms with Gasteiger partial charge in [-0.2, -0.15) is 0 Å². The number of hydrogen-bond acceptors (Lipinski definition) is 4. The average molecular weight is 687 g/mol. The molecule has 6 N–H and O–H groups in total. The van der Waals surface area contributed by atoms with Crippen molar-refractivity contribution in [2.75, 3.05) is 22.1 Å². The topological polar surface area (TPSA) is 110 Å². The Kier molecular flexibility index (Phi) is 7.52. The molecule has 2 amide bonds. The number of benzene rings is 8. The van der Waals surface area contributed by atoms with Crippen LogP contribution in [0, 0.1) is 0 Å². The Morgan fingerprint density at radius 2 is 0.849 bits per heavy atom. The molecule has 0 heterocycles. The van der Waals surface area contributed by atoms with Gasteiger partial charge in [-0.3, -0.25) is 9.59 Å². The van der Waals surface area contributed by atoms with Gasteiger partial charge >= 0.3 is 0 Å². The first-order valence-electron chi connectivity index (χ1n) is 17.5. The number of fused-ring (bicyclic) bond motifs is 5. The highest BCUT2D eigenvalue weighted by Gasteiger charge is 2.45. The number of anilines is 4. The predicted molar refractivity (Wildman–Crippen MR) is 216 cm³/mol. The van der Waals surface area contributed by atoms with Crippen molar-refractivity contribution in [3.63, 3.8) is 0 Å². The largest absolute Gasteiger partial charge is 0.398 e. The van der Waals surface area contributed by atoms with E-state index in [1.165, 1.54) is 0 Å². The van der Waals surface area contributed by atoms with E-state index in [0.29, 0.717) is 33.9 Å². The molecule has 0 saturated carbocycles. The summed E-state index contributed by atoms with van der Waals surface area (Å²) in [5.74, 6) is -0.424. The molecule has 0 fully saturated rings. The number of nitrogen functional groups attached to an aromatic ring is 2. The lowest BCUT2D eigenvalue weighted by molar-refractivity contribution is 0.101. The van der Waals surface area contributed by atoms with Crippen molar-refractivity contribution in [1.29, 1.82) is 0 Å². The third kappa shape index (κ3) is 5.27. The first kappa shape index (κ1) is 31.8. The molecule has 0 unspecified atom stereocenters. The summed E-state index contributed by atoms with van der Waals surface area (Å²) in [7, 11) is 0. The summed E-state index contributed by atoms with van der Waals surface area (Å²) >= 11 is 0. The van der Waals surface area contributed by atoms with Gasteiger partial charge in [0.25, 0.3) is 11.8 Å². The van der Waals surface area contributed by atoms with Crippen LogP contribution in [-0.4, -0.2) is 11.8 Å². The molecule has 0 atom stereocenters. The van der Waals surface area contributed by atoms with Gasteiger partial charge in [0.2, 0.25) is 0 Å². The van der Waals surface area contributed by atoms with Crippen molar-refractivity contribution in [3.8, 4) is 11.1 Å². The average Bonchev–Trinajstić information content (AvgIpc) is 3.50. The van der Waals surface area contributed by atoms with E-state index in [0.717, 1.165) is 54.9 Å². The van der Waals surface area contributed by atoms with E-state index in [1.54, 1.807) is 0 Å². The zero-order valence-corrected chi connectivity index (χ0v) is 28.6. The quantitative estimate of drug-likeness (QED) is 0.131. The van der Waals surface area contributed by atoms with Crippen LogP contribution in [0.4, 0.5) is 22.7 Å². The molecule has 0 bridgehead atoms. The number of hydrogen-bond donors (Lipinski definition) is 4. The van der Waals surface area contributed by atoms with E-state index in [2.05, 4.69) is 59.2 Å². The second-order valence-electron chi connectivity index (χ2n) is 13.5. The molecule has 8 aromatic rings. The summed E-state index contributed by atoms with van der Waals surface area (Å²) in [4.78, 5) is 27.1. The molecule has 8 aromatic carbocycles. The highest BCUT2D eigenvalue weighted by Crippen LogP contribution is 2.56. The Morgan fingerprint density at radius 3 is 1.28 bits per heavy atom. The smallest absolute Gasteiger partial charge is 0.255 e. The lowest BCUT2D eigenvalue weighted by Gasteiger charge is -2.34. The molecule has 9 rings (SSSR count).